The highest BCUT2D eigenvalue weighted by Crippen LogP contribution is 2.20. The first-order valence-corrected chi connectivity index (χ1v) is 7.73. The van der Waals surface area contributed by atoms with E-state index in [4.69, 9.17) is 0 Å². The van der Waals surface area contributed by atoms with E-state index in [9.17, 15) is 10.1 Å². The van der Waals surface area contributed by atoms with Gasteiger partial charge >= 0.3 is 0 Å². The van der Waals surface area contributed by atoms with Crippen molar-refractivity contribution < 1.29 is 4.79 Å². The molecular weight excluding hydrogens is 298 g/mol. The highest BCUT2D eigenvalue weighted by Gasteiger charge is 2.14. The summed E-state index contributed by atoms with van der Waals surface area (Å²) in [5, 5.41) is 13.2. The van der Waals surface area contributed by atoms with E-state index in [1.165, 1.54) is 0 Å². The Labute approximate surface area is 140 Å². The summed E-state index contributed by atoms with van der Waals surface area (Å²) in [7, 11) is 0. The van der Waals surface area contributed by atoms with Crippen LogP contribution in [0.15, 0.2) is 66.4 Å². The Hall–Kier alpha value is -3.32. The number of rotatable bonds is 4. The van der Waals surface area contributed by atoms with E-state index < -0.39 is 0 Å². The molecule has 0 fully saturated rings. The number of amides is 1. The van der Waals surface area contributed by atoms with Gasteiger partial charge in [0.1, 0.15) is 11.6 Å². The zero-order valence-corrected chi connectivity index (χ0v) is 13.3. The minimum atomic E-state index is -0.376. The van der Waals surface area contributed by atoms with Crippen LogP contribution in [0.1, 0.15) is 24.1 Å². The molecule has 2 aromatic carbocycles. The number of aromatic amines is 1. The molecule has 4 nitrogen and oxygen atoms in total. The van der Waals surface area contributed by atoms with Gasteiger partial charge in [0, 0.05) is 22.7 Å². The minimum absolute atomic E-state index is 0.0857. The van der Waals surface area contributed by atoms with E-state index >= 15 is 0 Å². The van der Waals surface area contributed by atoms with Crippen LogP contribution >= 0.6 is 0 Å². The molecule has 0 saturated heterocycles. The lowest BCUT2D eigenvalue weighted by Gasteiger charge is -2.13. The molecule has 0 spiro atoms. The first kappa shape index (κ1) is 15.6. The fourth-order valence-electron chi connectivity index (χ4n) is 2.62. The van der Waals surface area contributed by atoms with Crippen molar-refractivity contribution in [2.24, 2.45) is 0 Å². The molecule has 4 heteroatoms. The average Bonchev–Trinajstić information content (AvgIpc) is 3.03. The van der Waals surface area contributed by atoms with Crippen LogP contribution in [0.5, 0.6) is 0 Å². The maximum Gasteiger partial charge on any atom is 0.262 e. The number of carbonyl (C=O) groups excluding carboxylic acids is 1. The van der Waals surface area contributed by atoms with Crippen LogP contribution in [-0.4, -0.2) is 10.9 Å². The SMILES string of the molecule is CC(NC(=O)C(C#N)=Cc1c[nH]c2ccccc12)c1ccccc1. The third-order valence-corrected chi connectivity index (χ3v) is 3.93. The predicted molar refractivity (Wildman–Crippen MR) is 94.9 cm³/mol. The minimum Gasteiger partial charge on any atom is -0.361 e. The van der Waals surface area contributed by atoms with Crippen LogP contribution in [0, 0.1) is 11.3 Å². The van der Waals surface area contributed by atoms with Gasteiger partial charge in [-0.15, -0.1) is 0 Å². The Morgan fingerprint density at radius 3 is 2.62 bits per heavy atom. The summed E-state index contributed by atoms with van der Waals surface area (Å²) >= 11 is 0. The summed E-state index contributed by atoms with van der Waals surface area (Å²) in [5.74, 6) is -0.376. The Morgan fingerprint density at radius 2 is 1.88 bits per heavy atom. The van der Waals surface area contributed by atoms with E-state index in [-0.39, 0.29) is 17.5 Å². The molecule has 0 aliphatic rings. The topological polar surface area (TPSA) is 68.7 Å². The molecule has 0 bridgehead atoms. The second-order valence-electron chi connectivity index (χ2n) is 5.57. The van der Waals surface area contributed by atoms with Crippen molar-refractivity contribution >= 4 is 22.9 Å². The van der Waals surface area contributed by atoms with Gasteiger partial charge in [-0.05, 0) is 24.6 Å². The fourth-order valence-corrected chi connectivity index (χ4v) is 2.62. The van der Waals surface area contributed by atoms with Gasteiger partial charge in [-0.2, -0.15) is 5.26 Å². The van der Waals surface area contributed by atoms with E-state index in [0.29, 0.717) is 0 Å². The molecule has 0 aliphatic heterocycles. The van der Waals surface area contributed by atoms with Gasteiger partial charge in [0.25, 0.3) is 5.91 Å². The van der Waals surface area contributed by atoms with E-state index in [0.717, 1.165) is 22.0 Å². The average molecular weight is 315 g/mol. The van der Waals surface area contributed by atoms with Crippen LogP contribution in [0.3, 0.4) is 0 Å². The molecule has 0 aliphatic carbocycles. The first-order chi connectivity index (χ1) is 11.7. The molecule has 1 heterocycles. The molecule has 1 amide bonds. The monoisotopic (exact) mass is 315 g/mol. The van der Waals surface area contributed by atoms with Gasteiger partial charge in [-0.1, -0.05) is 48.5 Å². The molecular formula is C20H17N3O. The van der Waals surface area contributed by atoms with Gasteiger partial charge in [-0.25, -0.2) is 0 Å². The number of carbonyl (C=O) groups is 1. The number of aromatic nitrogens is 1. The van der Waals surface area contributed by atoms with Gasteiger partial charge in [0.2, 0.25) is 0 Å². The number of nitrogens with one attached hydrogen (secondary N) is 2. The van der Waals surface area contributed by atoms with Gasteiger partial charge in [-0.3, -0.25) is 4.79 Å². The van der Waals surface area contributed by atoms with Crippen molar-refractivity contribution in [1.82, 2.24) is 10.3 Å². The van der Waals surface area contributed by atoms with E-state index in [2.05, 4.69) is 10.3 Å². The lowest BCUT2D eigenvalue weighted by molar-refractivity contribution is -0.117. The summed E-state index contributed by atoms with van der Waals surface area (Å²) in [5.41, 5.74) is 2.88. The third-order valence-electron chi connectivity index (χ3n) is 3.93. The second kappa shape index (κ2) is 6.84. The first-order valence-electron chi connectivity index (χ1n) is 7.73. The highest BCUT2D eigenvalue weighted by molar-refractivity contribution is 6.04. The van der Waals surface area contributed by atoms with Crippen molar-refractivity contribution in [3.05, 3.63) is 77.5 Å². The summed E-state index contributed by atoms with van der Waals surface area (Å²) in [6, 6.07) is 19.3. The molecule has 2 N–H and O–H groups in total. The number of hydrogen-bond acceptors (Lipinski definition) is 2. The van der Waals surface area contributed by atoms with E-state index in [1.54, 1.807) is 12.3 Å². The summed E-state index contributed by atoms with van der Waals surface area (Å²) in [6.45, 7) is 1.90. The molecule has 24 heavy (non-hydrogen) atoms. The normalized spacial score (nSPS) is 12.6. The van der Waals surface area contributed by atoms with Crippen LogP contribution < -0.4 is 5.32 Å². The van der Waals surface area contributed by atoms with Crippen molar-refractivity contribution in [2.45, 2.75) is 13.0 Å². The number of hydrogen-bond donors (Lipinski definition) is 2. The maximum absolute atomic E-state index is 12.4. The maximum atomic E-state index is 12.4. The smallest absolute Gasteiger partial charge is 0.262 e. The number of para-hydroxylation sites is 1. The predicted octanol–water partition coefficient (Wildman–Crippen LogP) is 3.95. The lowest BCUT2D eigenvalue weighted by atomic mass is 10.1. The van der Waals surface area contributed by atoms with Crippen LogP contribution in [0.4, 0.5) is 0 Å². The number of fused-ring (bicyclic) bond motifs is 1. The quantitative estimate of drug-likeness (QED) is 0.565. The lowest BCUT2D eigenvalue weighted by Crippen LogP contribution is -2.27. The molecule has 1 unspecified atom stereocenters. The summed E-state index contributed by atoms with van der Waals surface area (Å²) < 4.78 is 0. The summed E-state index contributed by atoms with van der Waals surface area (Å²) in [4.78, 5) is 15.5. The molecule has 0 radical (unpaired) electrons. The van der Waals surface area contributed by atoms with Gasteiger partial charge in [0.05, 0.1) is 6.04 Å². The molecule has 0 saturated carbocycles. The Morgan fingerprint density at radius 1 is 1.17 bits per heavy atom. The fraction of sp³-hybridized carbons (Fsp3) is 0.100. The van der Waals surface area contributed by atoms with Crippen LogP contribution in [-0.2, 0) is 4.79 Å². The number of nitrogens with zero attached hydrogens (tertiary/aromatic N) is 1. The van der Waals surface area contributed by atoms with Gasteiger partial charge in [0.15, 0.2) is 0 Å². The van der Waals surface area contributed by atoms with Crippen LogP contribution in [0.25, 0.3) is 17.0 Å². The van der Waals surface area contributed by atoms with Gasteiger partial charge < -0.3 is 10.3 Å². The van der Waals surface area contributed by atoms with Crippen molar-refractivity contribution in [3.8, 4) is 6.07 Å². The van der Waals surface area contributed by atoms with E-state index in [1.807, 2.05) is 67.6 Å². The number of H-pyrrole nitrogens is 1. The number of benzene rings is 2. The van der Waals surface area contributed by atoms with Crippen molar-refractivity contribution in [3.63, 3.8) is 0 Å². The Bertz CT molecular complexity index is 932. The van der Waals surface area contributed by atoms with Crippen LogP contribution in [0.2, 0.25) is 0 Å². The zero-order chi connectivity index (χ0) is 16.9. The number of nitriles is 1. The largest absolute Gasteiger partial charge is 0.361 e. The summed E-state index contributed by atoms with van der Waals surface area (Å²) in [6.07, 6.45) is 3.42. The zero-order valence-electron chi connectivity index (χ0n) is 13.3. The second-order valence-corrected chi connectivity index (χ2v) is 5.57. The molecule has 3 rings (SSSR count). The van der Waals surface area contributed by atoms with Crippen molar-refractivity contribution in [2.75, 3.05) is 0 Å². The molecule has 1 atom stereocenters. The van der Waals surface area contributed by atoms with Crippen molar-refractivity contribution in [1.29, 1.82) is 5.26 Å². The molecule has 3 aromatic rings. The molecule has 118 valence electrons. The molecule has 1 aromatic heterocycles. The third kappa shape index (κ3) is 3.21. The highest BCUT2D eigenvalue weighted by atomic mass is 16.1. The standard InChI is InChI=1S/C20H17N3O/c1-14(15-7-3-2-4-8-15)23-20(24)16(12-21)11-17-13-22-19-10-6-5-9-18(17)19/h2-11,13-14,22H,1H3,(H,23,24). The Balaban J connectivity index is 1.83. The Kier molecular flexibility index (Phi) is 4.44.